The van der Waals surface area contributed by atoms with Gasteiger partial charge in [-0.15, -0.1) is 0 Å². The maximum Gasteiger partial charge on any atom is 0.266 e. The lowest BCUT2D eigenvalue weighted by atomic mass is 9.84. The van der Waals surface area contributed by atoms with Crippen LogP contribution in [-0.2, 0) is 13.5 Å². The third-order valence-corrected chi connectivity index (χ3v) is 4.94. The van der Waals surface area contributed by atoms with Gasteiger partial charge in [0.2, 0.25) is 0 Å². The predicted octanol–water partition coefficient (Wildman–Crippen LogP) is 3.90. The molecule has 1 fully saturated rings. The highest BCUT2D eigenvalue weighted by atomic mass is 19.3. The van der Waals surface area contributed by atoms with E-state index >= 15 is 0 Å². The zero-order chi connectivity index (χ0) is 16.1. The summed E-state index contributed by atoms with van der Waals surface area (Å²) < 4.78 is 41.3. The summed E-state index contributed by atoms with van der Waals surface area (Å²) in [7, 11) is 1.82. The molecule has 2 aliphatic heterocycles. The lowest BCUT2D eigenvalue weighted by molar-refractivity contribution is 0.146. The molecule has 4 rings (SSSR count). The number of hydrogen-bond donors (Lipinski definition) is 1. The van der Waals surface area contributed by atoms with Gasteiger partial charge in [-0.1, -0.05) is 0 Å². The van der Waals surface area contributed by atoms with Crippen molar-refractivity contribution >= 4 is 0 Å². The molecule has 0 saturated carbocycles. The van der Waals surface area contributed by atoms with Crippen molar-refractivity contribution in [3.05, 3.63) is 40.8 Å². The molecule has 3 nitrogen and oxygen atoms in total. The van der Waals surface area contributed by atoms with Crippen molar-refractivity contribution in [3.8, 4) is 11.3 Å². The topological polar surface area (TPSA) is 29.9 Å². The van der Waals surface area contributed by atoms with Crippen molar-refractivity contribution in [1.82, 2.24) is 15.1 Å². The molecular formula is C17H18F3N3. The van der Waals surface area contributed by atoms with Crippen LogP contribution in [0.25, 0.3) is 11.3 Å². The van der Waals surface area contributed by atoms with Crippen molar-refractivity contribution in [2.24, 2.45) is 7.05 Å². The molecule has 23 heavy (non-hydrogen) atoms. The molecule has 2 atom stereocenters. The molecule has 2 unspecified atom stereocenters. The number of aromatic nitrogens is 2. The van der Waals surface area contributed by atoms with Crippen LogP contribution in [0.2, 0.25) is 0 Å². The third-order valence-electron chi connectivity index (χ3n) is 4.94. The summed E-state index contributed by atoms with van der Waals surface area (Å²) >= 11 is 0. The first-order valence-electron chi connectivity index (χ1n) is 7.94. The molecular weight excluding hydrogens is 303 g/mol. The van der Waals surface area contributed by atoms with E-state index in [9.17, 15) is 13.2 Å². The summed E-state index contributed by atoms with van der Waals surface area (Å²) in [5.41, 5.74) is 3.03. The predicted molar refractivity (Wildman–Crippen MR) is 80.8 cm³/mol. The second kappa shape index (κ2) is 5.37. The van der Waals surface area contributed by atoms with E-state index in [1.54, 1.807) is 10.7 Å². The Morgan fingerprint density at radius 1 is 1.30 bits per heavy atom. The molecule has 1 saturated heterocycles. The second-order valence-electron chi connectivity index (χ2n) is 6.42. The molecule has 1 N–H and O–H groups in total. The van der Waals surface area contributed by atoms with E-state index in [0.717, 1.165) is 42.3 Å². The van der Waals surface area contributed by atoms with E-state index in [4.69, 9.17) is 0 Å². The van der Waals surface area contributed by atoms with Gasteiger partial charge in [0.25, 0.3) is 6.43 Å². The fraction of sp³-hybridized carbons (Fsp3) is 0.471. The van der Waals surface area contributed by atoms with Crippen molar-refractivity contribution in [3.63, 3.8) is 0 Å². The summed E-state index contributed by atoms with van der Waals surface area (Å²) in [6.07, 6.45) is 1.37. The van der Waals surface area contributed by atoms with Gasteiger partial charge >= 0.3 is 0 Å². The number of piperidine rings is 1. The molecule has 1 aromatic heterocycles. The first-order chi connectivity index (χ1) is 11.0. The van der Waals surface area contributed by atoms with Gasteiger partial charge in [-0.25, -0.2) is 13.2 Å². The van der Waals surface area contributed by atoms with Crippen LogP contribution in [0.1, 0.15) is 48.6 Å². The van der Waals surface area contributed by atoms with Crippen molar-refractivity contribution in [1.29, 1.82) is 0 Å². The minimum Gasteiger partial charge on any atom is -0.305 e. The molecule has 2 bridgehead atoms. The average molecular weight is 321 g/mol. The number of fused-ring (bicyclic) bond motifs is 4. The van der Waals surface area contributed by atoms with Gasteiger partial charge in [0, 0.05) is 24.2 Å². The first-order valence-corrected chi connectivity index (χ1v) is 7.94. The Morgan fingerprint density at radius 2 is 2.13 bits per heavy atom. The Bertz CT molecular complexity index is 754. The quantitative estimate of drug-likeness (QED) is 0.909. The maximum absolute atomic E-state index is 13.6. The monoisotopic (exact) mass is 321 g/mol. The van der Waals surface area contributed by atoms with E-state index in [1.807, 2.05) is 7.05 Å². The Kier molecular flexibility index (Phi) is 3.44. The van der Waals surface area contributed by atoms with Crippen molar-refractivity contribution in [2.75, 3.05) is 0 Å². The molecule has 2 aromatic rings. The van der Waals surface area contributed by atoms with Gasteiger partial charge in [0.1, 0.15) is 5.82 Å². The highest BCUT2D eigenvalue weighted by Crippen LogP contribution is 2.39. The van der Waals surface area contributed by atoms with E-state index in [1.165, 1.54) is 12.5 Å². The van der Waals surface area contributed by atoms with Gasteiger partial charge in [-0.05, 0) is 43.9 Å². The Balaban J connectivity index is 1.85. The van der Waals surface area contributed by atoms with Gasteiger partial charge in [-0.2, -0.15) is 5.10 Å². The van der Waals surface area contributed by atoms with Crippen LogP contribution in [0.4, 0.5) is 13.2 Å². The number of aryl methyl sites for hydroxylation is 1. The Labute approximate surface area is 132 Å². The van der Waals surface area contributed by atoms with Crippen LogP contribution in [0.3, 0.4) is 0 Å². The van der Waals surface area contributed by atoms with E-state index in [-0.39, 0.29) is 6.04 Å². The fourth-order valence-corrected chi connectivity index (χ4v) is 3.93. The number of alkyl halides is 2. The zero-order valence-electron chi connectivity index (χ0n) is 12.8. The first kappa shape index (κ1) is 14.8. The lowest BCUT2D eigenvalue weighted by Gasteiger charge is -2.35. The number of nitrogens with zero attached hydrogens (tertiary/aromatic N) is 2. The number of halogens is 3. The van der Waals surface area contributed by atoms with Crippen molar-refractivity contribution in [2.45, 2.75) is 44.2 Å². The van der Waals surface area contributed by atoms with Crippen LogP contribution in [0, 0.1) is 5.82 Å². The van der Waals surface area contributed by atoms with Crippen LogP contribution in [0.5, 0.6) is 0 Å². The second-order valence-corrected chi connectivity index (χ2v) is 6.42. The van der Waals surface area contributed by atoms with Crippen LogP contribution < -0.4 is 5.32 Å². The largest absolute Gasteiger partial charge is 0.305 e. The number of rotatable bonds is 2. The molecule has 122 valence electrons. The minimum atomic E-state index is -2.82. The highest BCUT2D eigenvalue weighted by molar-refractivity contribution is 5.66. The van der Waals surface area contributed by atoms with E-state index in [0.29, 0.717) is 11.6 Å². The lowest BCUT2D eigenvalue weighted by Crippen LogP contribution is -2.42. The Hall–Kier alpha value is -1.82. The molecule has 6 heteroatoms. The summed E-state index contributed by atoms with van der Waals surface area (Å²) in [6, 6.07) is 4.61. The fourth-order valence-electron chi connectivity index (χ4n) is 3.93. The molecule has 0 aliphatic carbocycles. The van der Waals surface area contributed by atoms with E-state index in [2.05, 4.69) is 10.4 Å². The molecule has 2 aliphatic rings. The smallest absolute Gasteiger partial charge is 0.266 e. The summed E-state index contributed by atoms with van der Waals surface area (Å²) in [5.74, 6) is -0.863. The molecule has 1 aromatic carbocycles. The van der Waals surface area contributed by atoms with Gasteiger partial charge < -0.3 is 5.32 Å². The standard InChI is InChI=1S/C17H18F3N3/c1-23-16(9-5-6-13(18)11(7-9)17(19)20)12-8-10-3-2-4-14(21-10)15(12)22-23/h5-7,10,14,17,21H,2-4,8H2,1H3. The van der Waals surface area contributed by atoms with E-state index < -0.39 is 17.8 Å². The molecule has 0 radical (unpaired) electrons. The zero-order valence-corrected chi connectivity index (χ0v) is 12.8. The normalized spacial score (nSPS) is 23.2. The van der Waals surface area contributed by atoms with Crippen LogP contribution in [-0.4, -0.2) is 15.8 Å². The van der Waals surface area contributed by atoms with Gasteiger partial charge in [0.05, 0.1) is 23.0 Å². The average Bonchev–Trinajstić information content (AvgIpc) is 2.84. The molecule has 3 heterocycles. The number of benzene rings is 1. The van der Waals surface area contributed by atoms with Crippen LogP contribution in [0.15, 0.2) is 18.2 Å². The summed E-state index contributed by atoms with van der Waals surface area (Å²) in [6.45, 7) is 0. The van der Waals surface area contributed by atoms with Crippen LogP contribution >= 0.6 is 0 Å². The number of nitrogens with one attached hydrogen (secondary N) is 1. The van der Waals surface area contributed by atoms with Gasteiger partial charge in [0.15, 0.2) is 0 Å². The Morgan fingerprint density at radius 3 is 2.91 bits per heavy atom. The third kappa shape index (κ3) is 2.36. The molecule has 0 spiro atoms. The molecule has 0 amide bonds. The maximum atomic E-state index is 13.6. The summed E-state index contributed by atoms with van der Waals surface area (Å²) in [4.78, 5) is 0. The number of hydrogen-bond acceptors (Lipinski definition) is 2. The SMILES string of the molecule is Cn1nc2c(c1-c1ccc(F)c(C(F)F)c1)CC1CCCC2N1. The summed E-state index contributed by atoms with van der Waals surface area (Å²) in [5, 5.41) is 8.20. The van der Waals surface area contributed by atoms with Crippen molar-refractivity contribution < 1.29 is 13.2 Å². The highest BCUT2D eigenvalue weighted by Gasteiger charge is 2.34. The minimum absolute atomic E-state index is 0.243. The van der Waals surface area contributed by atoms with Gasteiger partial charge in [-0.3, -0.25) is 4.68 Å².